The molecule has 0 fully saturated rings. The molecule has 4 aromatic carbocycles. The molecule has 1 atom stereocenters. The Balaban J connectivity index is 0.00000210. The van der Waals surface area contributed by atoms with Crippen LogP contribution in [0.25, 0.3) is 0 Å². The molecule has 0 saturated carbocycles. The molecule has 0 N–H and O–H groups in total. The average molecular weight is 449 g/mol. The molecule has 0 aliphatic heterocycles. The maximum atomic E-state index is 2.27. The van der Waals surface area contributed by atoms with E-state index in [1.807, 2.05) is 0 Å². The fraction of sp³-hybridized carbons (Fsp3) is 0. The van der Waals surface area contributed by atoms with E-state index < -0.39 is 0 Å². The van der Waals surface area contributed by atoms with Crippen molar-refractivity contribution >= 4 is 40.6 Å². The summed E-state index contributed by atoms with van der Waals surface area (Å²) in [5.74, 6) is 0. The summed E-state index contributed by atoms with van der Waals surface area (Å²) >= 11 is 1.80. The minimum absolute atomic E-state index is 0. The topological polar surface area (TPSA) is 0 Å². The predicted octanol–water partition coefficient (Wildman–Crippen LogP) is 5.75. The third kappa shape index (κ3) is 5.11. The zero-order valence-electron chi connectivity index (χ0n) is 15.0. The maximum Gasteiger partial charge on any atom is 0.166 e. The van der Waals surface area contributed by atoms with E-state index >= 15 is 0 Å². The van der Waals surface area contributed by atoms with Gasteiger partial charge in [-0.2, -0.15) is 0 Å². The molecular weight excluding hydrogens is 427 g/mol. The van der Waals surface area contributed by atoms with Gasteiger partial charge in [0.05, 0.1) is 10.9 Å². The van der Waals surface area contributed by atoms with Crippen LogP contribution in [0.4, 0.5) is 0 Å². The maximum absolute atomic E-state index is 2.27. The zero-order valence-corrected chi connectivity index (χ0v) is 19.6. The SMILES string of the molecule is [AsH3].c1ccc(Sc2ccc([S+](c3ccccc3)c3ccccc3)cc2)cc1. The van der Waals surface area contributed by atoms with Crippen molar-refractivity contribution < 1.29 is 0 Å². The molecule has 0 aliphatic carbocycles. The van der Waals surface area contributed by atoms with Crippen LogP contribution in [0.5, 0.6) is 0 Å². The fourth-order valence-electron chi connectivity index (χ4n) is 2.79. The molecular formula is C24H22AsS2+. The van der Waals surface area contributed by atoms with Gasteiger partial charge in [-0.15, -0.1) is 0 Å². The van der Waals surface area contributed by atoms with Crippen molar-refractivity contribution in [2.24, 2.45) is 0 Å². The van der Waals surface area contributed by atoms with Crippen LogP contribution in [0.15, 0.2) is 140 Å². The van der Waals surface area contributed by atoms with E-state index in [1.54, 1.807) is 11.8 Å². The Kier molecular flexibility index (Phi) is 7.29. The first kappa shape index (κ1) is 19.9. The Morgan fingerprint density at radius 3 is 1.26 bits per heavy atom. The molecule has 134 valence electrons. The Morgan fingerprint density at radius 2 is 0.778 bits per heavy atom. The molecule has 27 heavy (non-hydrogen) atoms. The standard InChI is InChI=1S/C24H19S2.AsH3/c1-4-10-20(11-5-1)25-21-16-18-24(19-17-21)26(22-12-6-2-7-13-22)23-14-8-3-9-15-23;/h1-19H;1H3/q+1;. The van der Waals surface area contributed by atoms with Crippen molar-refractivity contribution in [1.29, 1.82) is 0 Å². The molecule has 4 rings (SSSR count). The van der Waals surface area contributed by atoms with E-state index in [2.05, 4.69) is 115 Å². The zero-order chi connectivity index (χ0) is 17.6. The molecule has 0 aliphatic rings. The van der Waals surface area contributed by atoms with Gasteiger partial charge in [-0.05, 0) is 60.7 Å². The third-order valence-electron chi connectivity index (χ3n) is 4.00. The van der Waals surface area contributed by atoms with Gasteiger partial charge in [0.1, 0.15) is 0 Å². The van der Waals surface area contributed by atoms with Crippen LogP contribution in [0.3, 0.4) is 0 Å². The van der Waals surface area contributed by atoms with Crippen LogP contribution < -0.4 is 0 Å². The van der Waals surface area contributed by atoms with E-state index in [1.165, 1.54) is 24.5 Å². The van der Waals surface area contributed by atoms with Gasteiger partial charge in [-0.25, -0.2) is 0 Å². The summed E-state index contributed by atoms with van der Waals surface area (Å²) in [5, 5.41) is 0. The molecule has 0 bridgehead atoms. The molecule has 3 heteroatoms. The van der Waals surface area contributed by atoms with Gasteiger partial charge < -0.3 is 0 Å². The van der Waals surface area contributed by atoms with Crippen LogP contribution in [-0.4, -0.2) is 18.0 Å². The van der Waals surface area contributed by atoms with Crippen molar-refractivity contribution in [3.8, 4) is 0 Å². The van der Waals surface area contributed by atoms with Gasteiger partial charge in [-0.3, -0.25) is 0 Å². The number of rotatable bonds is 5. The molecule has 4 aromatic rings. The van der Waals surface area contributed by atoms with Crippen LogP contribution in [0.1, 0.15) is 0 Å². The molecule has 0 radical (unpaired) electrons. The molecule has 0 heterocycles. The normalized spacial score (nSPS) is 10.4. The minimum atomic E-state index is -0.0786. The predicted molar refractivity (Wildman–Crippen MR) is 122 cm³/mol. The summed E-state index contributed by atoms with van der Waals surface area (Å²) in [6.45, 7) is 0. The molecule has 1 unspecified atom stereocenters. The number of hydrogen-bond donors (Lipinski definition) is 0. The smallest absolute Gasteiger partial charge is 0.0901 e. The van der Waals surface area contributed by atoms with Gasteiger partial charge >= 0.3 is 18.0 Å². The van der Waals surface area contributed by atoms with E-state index in [-0.39, 0.29) is 28.8 Å². The van der Waals surface area contributed by atoms with Gasteiger partial charge in [0.15, 0.2) is 14.7 Å². The Labute approximate surface area is 179 Å². The van der Waals surface area contributed by atoms with Crippen molar-refractivity contribution in [2.75, 3.05) is 0 Å². The number of hydrogen-bond acceptors (Lipinski definition) is 1. The van der Waals surface area contributed by atoms with Crippen LogP contribution in [0, 0.1) is 0 Å². The van der Waals surface area contributed by atoms with Crippen molar-refractivity contribution in [1.82, 2.24) is 0 Å². The summed E-state index contributed by atoms with van der Waals surface area (Å²) in [6.07, 6.45) is 0. The Hall–Kier alpha value is -1.86. The van der Waals surface area contributed by atoms with E-state index in [9.17, 15) is 0 Å². The minimum Gasteiger partial charge on any atom is -0.0901 e. The largest absolute Gasteiger partial charge is 0.166 e. The summed E-state index contributed by atoms with van der Waals surface area (Å²) < 4.78 is 0. The quantitative estimate of drug-likeness (QED) is 0.276. The van der Waals surface area contributed by atoms with Gasteiger partial charge in [0.25, 0.3) is 0 Å². The van der Waals surface area contributed by atoms with Crippen LogP contribution >= 0.6 is 11.8 Å². The van der Waals surface area contributed by atoms with Gasteiger partial charge in [0.2, 0.25) is 0 Å². The Bertz CT molecular complexity index is 900. The molecule has 0 nitrogen and oxygen atoms in total. The van der Waals surface area contributed by atoms with Crippen molar-refractivity contribution in [3.05, 3.63) is 115 Å². The monoisotopic (exact) mass is 449 g/mol. The van der Waals surface area contributed by atoms with E-state index in [4.69, 9.17) is 0 Å². The molecule has 0 amide bonds. The number of benzene rings is 4. The summed E-state index contributed by atoms with van der Waals surface area (Å²) in [5.41, 5.74) is 0. The molecule has 0 spiro atoms. The summed E-state index contributed by atoms with van der Waals surface area (Å²) in [6, 6.07) is 41.1. The summed E-state index contributed by atoms with van der Waals surface area (Å²) in [4.78, 5) is 6.58. The Morgan fingerprint density at radius 1 is 0.407 bits per heavy atom. The first-order valence-corrected chi connectivity index (χ1v) is 10.6. The van der Waals surface area contributed by atoms with E-state index in [0.29, 0.717) is 0 Å². The van der Waals surface area contributed by atoms with Crippen LogP contribution in [0.2, 0.25) is 0 Å². The van der Waals surface area contributed by atoms with Gasteiger partial charge in [-0.1, -0.05) is 66.4 Å². The average Bonchev–Trinajstić information content (AvgIpc) is 2.72. The first-order valence-electron chi connectivity index (χ1n) is 8.57. The summed E-state index contributed by atoms with van der Waals surface area (Å²) in [7, 11) is -0.0786. The molecule has 0 saturated heterocycles. The first-order chi connectivity index (χ1) is 12.9. The second-order valence-corrected chi connectivity index (χ2v) is 8.99. The third-order valence-corrected chi connectivity index (χ3v) is 7.24. The van der Waals surface area contributed by atoms with Crippen LogP contribution in [-0.2, 0) is 10.9 Å². The second kappa shape index (κ2) is 9.90. The molecule has 0 aromatic heterocycles. The van der Waals surface area contributed by atoms with E-state index in [0.717, 1.165) is 0 Å². The van der Waals surface area contributed by atoms with Gasteiger partial charge in [0, 0.05) is 9.79 Å². The van der Waals surface area contributed by atoms with Crippen molar-refractivity contribution in [2.45, 2.75) is 24.5 Å². The second-order valence-electron chi connectivity index (χ2n) is 5.82. The van der Waals surface area contributed by atoms with Crippen molar-refractivity contribution in [3.63, 3.8) is 0 Å². The fourth-order valence-corrected chi connectivity index (χ4v) is 5.71.